The van der Waals surface area contributed by atoms with Crippen molar-refractivity contribution in [3.8, 4) is 0 Å². The molecule has 6 heteroatoms. The van der Waals surface area contributed by atoms with Crippen molar-refractivity contribution in [3.63, 3.8) is 0 Å². The van der Waals surface area contributed by atoms with Gasteiger partial charge in [-0.05, 0) is 13.0 Å². The van der Waals surface area contributed by atoms with E-state index >= 15 is 0 Å². The third-order valence-electron chi connectivity index (χ3n) is 3.07. The van der Waals surface area contributed by atoms with Gasteiger partial charge in [0.05, 0.1) is 18.9 Å². The third-order valence-corrected chi connectivity index (χ3v) is 3.07. The van der Waals surface area contributed by atoms with Crippen molar-refractivity contribution in [2.75, 3.05) is 32.8 Å². The predicted octanol–water partition coefficient (Wildman–Crippen LogP) is -0.815. The van der Waals surface area contributed by atoms with E-state index in [2.05, 4.69) is 15.2 Å². The third kappa shape index (κ3) is 3.69. The Morgan fingerprint density at radius 3 is 2.88 bits per heavy atom. The molecule has 0 aromatic rings. The lowest BCUT2D eigenvalue weighted by atomic mass is 10.1. The minimum Gasteiger partial charge on any atom is -0.396 e. The monoisotopic (exact) mass is 239 g/mol. The molecule has 0 amide bonds. The number of nitrogens with two attached hydrogens (primary N) is 2. The Bertz CT molecular complexity index is 311. The summed E-state index contributed by atoms with van der Waals surface area (Å²) in [6, 6.07) is 0. The summed E-state index contributed by atoms with van der Waals surface area (Å²) >= 11 is 0. The van der Waals surface area contributed by atoms with Crippen LogP contribution in [0.1, 0.15) is 12.8 Å². The van der Waals surface area contributed by atoms with Crippen LogP contribution in [0.3, 0.4) is 0 Å². The highest BCUT2D eigenvalue weighted by Crippen LogP contribution is 2.12. The molecule has 1 fully saturated rings. The minimum absolute atomic E-state index is 0.610. The zero-order valence-electron chi connectivity index (χ0n) is 10.1. The molecule has 0 saturated carbocycles. The molecule has 0 aromatic carbocycles. The standard InChI is InChI=1S/C11H21N5O/c12-10-8-14-11(13,15-9-10)2-1-3-16-4-6-17-7-5-16/h8-9,14H,1-7,12-13H2. The van der Waals surface area contributed by atoms with Gasteiger partial charge in [0.15, 0.2) is 5.79 Å². The van der Waals surface area contributed by atoms with Gasteiger partial charge < -0.3 is 15.8 Å². The quantitative estimate of drug-likeness (QED) is 0.597. The fraction of sp³-hybridized carbons (Fsp3) is 0.727. The topological polar surface area (TPSA) is 88.9 Å². The minimum atomic E-state index is -0.685. The molecule has 0 aromatic heterocycles. The normalized spacial score (nSPS) is 29.8. The van der Waals surface area contributed by atoms with Gasteiger partial charge in [-0.25, -0.2) is 4.99 Å². The van der Waals surface area contributed by atoms with Gasteiger partial charge in [0, 0.05) is 31.9 Å². The highest BCUT2D eigenvalue weighted by atomic mass is 16.5. The molecule has 17 heavy (non-hydrogen) atoms. The zero-order chi connectivity index (χ0) is 12.1. The Morgan fingerprint density at radius 2 is 2.24 bits per heavy atom. The van der Waals surface area contributed by atoms with Crippen molar-refractivity contribution in [1.82, 2.24) is 10.2 Å². The van der Waals surface area contributed by atoms with Crippen molar-refractivity contribution >= 4 is 6.21 Å². The van der Waals surface area contributed by atoms with Crippen LogP contribution in [0.15, 0.2) is 16.9 Å². The molecule has 1 unspecified atom stereocenters. The molecule has 2 heterocycles. The fourth-order valence-corrected chi connectivity index (χ4v) is 2.01. The van der Waals surface area contributed by atoms with E-state index in [1.165, 1.54) is 0 Å². The van der Waals surface area contributed by atoms with E-state index in [-0.39, 0.29) is 0 Å². The van der Waals surface area contributed by atoms with Crippen molar-refractivity contribution < 1.29 is 4.74 Å². The van der Waals surface area contributed by atoms with Gasteiger partial charge in [-0.15, -0.1) is 0 Å². The average molecular weight is 239 g/mol. The molecule has 96 valence electrons. The molecule has 0 spiro atoms. The Balaban J connectivity index is 1.69. The van der Waals surface area contributed by atoms with Gasteiger partial charge in [-0.2, -0.15) is 0 Å². The second kappa shape index (κ2) is 5.48. The molecule has 0 aliphatic carbocycles. The summed E-state index contributed by atoms with van der Waals surface area (Å²) < 4.78 is 5.30. The van der Waals surface area contributed by atoms with Gasteiger partial charge in [0.25, 0.3) is 0 Å². The first-order valence-electron chi connectivity index (χ1n) is 6.05. The van der Waals surface area contributed by atoms with Gasteiger partial charge >= 0.3 is 0 Å². The largest absolute Gasteiger partial charge is 0.396 e. The molecule has 0 bridgehead atoms. The maximum absolute atomic E-state index is 6.08. The highest BCUT2D eigenvalue weighted by molar-refractivity contribution is 5.78. The molecule has 5 N–H and O–H groups in total. The lowest BCUT2D eigenvalue weighted by molar-refractivity contribution is 0.0363. The number of hydrogen-bond acceptors (Lipinski definition) is 6. The average Bonchev–Trinajstić information content (AvgIpc) is 2.35. The Labute approximate surface area is 102 Å². The summed E-state index contributed by atoms with van der Waals surface area (Å²) in [5, 5.41) is 3.03. The maximum Gasteiger partial charge on any atom is 0.181 e. The van der Waals surface area contributed by atoms with E-state index in [9.17, 15) is 0 Å². The van der Waals surface area contributed by atoms with Gasteiger partial charge in [0.1, 0.15) is 0 Å². The number of allylic oxidation sites excluding steroid dienone is 1. The lowest BCUT2D eigenvalue weighted by Gasteiger charge is -2.30. The van der Waals surface area contributed by atoms with Crippen LogP contribution >= 0.6 is 0 Å². The number of nitrogens with one attached hydrogen (secondary N) is 1. The number of ether oxygens (including phenoxy) is 1. The first-order valence-corrected chi connectivity index (χ1v) is 6.05. The molecule has 6 nitrogen and oxygen atoms in total. The molecule has 2 rings (SSSR count). The van der Waals surface area contributed by atoms with Gasteiger partial charge in [-0.3, -0.25) is 10.6 Å². The van der Waals surface area contributed by atoms with E-state index in [0.29, 0.717) is 5.70 Å². The van der Waals surface area contributed by atoms with E-state index < -0.39 is 5.79 Å². The second-order valence-corrected chi connectivity index (χ2v) is 4.53. The van der Waals surface area contributed by atoms with Crippen LogP contribution in [0, 0.1) is 0 Å². The number of rotatable bonds is 4. The molecule has 1 atom stereocenters. The van der Waals surface area contributed by atoms with Crippen molar-refractivity contribution in [2.24, 2.45) is 16.5 Å². The maximum atomic E-state index is 6.08. The summed E-state index contributed by atoms with van der Waals surface area (Å²) in [6.07, 6.45) is 5.13. The van der Waals surface area contributed by atoms with Crippen LogP contribution in [0.5, 0.6) is 0 Å². The van der Waals surface area contributed by atoms with Crippen LogP contribution in [-0.2, 0) is 4.74 Å². The van der Waals surface area contributed by atoms with Crippen molar-refractivity contribution in [3.05, 3.63) is 11.9 Å². The predicted molar refractivity (Wildman–Crippen MR) is 67.3 cm³/mol. The highest BCUT2D eigenvalue weighted by Gasteiger charge is 2.23. The zero-order valence-corrected chi connectivity index (χ0v) is 10.1. The van der Waals surface area contributed by atoms with Gasteiger partial charge in [-0.1, -0.05) is 0 Å². The number of morpholine rings is 1. The number of hydrogen-bond donors (Lipinski definition) is 3. The SMILES string of the molecule is NC1=CNC(N)(CCCN2CCOCC2)N=C1. The van der Waals surface area contributed by atoms with E-state index in [0.717, 1.165) is 45.7 Å². The summed E-state index contributed by atoms with van der Waals surface area (Å²) in [7, 11) is 0. The first kappa shape index (κ1) is 12.3. The molecule has 2 aliphatic rings. The molecular weight excluding hydrogens is 218 g/mol. The summed E-state index contributed by atoms with van der Waals surface area (Å²) in [6.45, 7) is 4.74. The van der Waals surface area contributed by atoms with Crippen molar-refractivity contribution in [2.45, 2.75) is 18.6 Å². The lowest BCUT2D eigenvalue weighted by Crippen LogP contribution is -2.52. The van der Waals surface area contributed by atoms with Crippen LogP contribution in [0.25, 0.3) is 0 Å². The Morgan fingerprint density at radius 1 is 1.47 bits per heavy atom. The van der Waals surface area contributed by atoms with E-state index in [1.807, 2.05) is 0 Å². The van der Waals surface area contributed by atoms with E-state index in [4.69, 9.17) is 16.2 Å². The Hall–Kier alpha value is -1.11. The van der Waals surface area contributed by atoms with Crippen LogP contribution in [0.4, 0.5) is 0 Å². The molecule has 1 saturated heterocycles. The summed E-state index contributed by atoms with van der Waals surface area (Å²) in [5.74, 6) is -0.685. The summed E-state index contributed by atoms with van der Waals surface area (Å²) in [5.41, 5.74) is 12.3. The molecule has 0 radical (unpaired) electrons. The first-order chi connectivity index (χ1) is 8.18. The smallest absolute Gasteiger partial charge is 0.181 e. The number of nitrogens with zero attached hydrogens (tertiary/aromatic N) is 2. The van der Waals surface area contributed by atoms with Gasteiger partial charge in [0.2, 0.25) is 0 Å². The second-order valence-electron chi connectivity index (χ2n) is 4.53. The van der Waals surface area contributed by atoms with Crippen molar-refractivity contribution in [1.29, 1.82) is 0 Å². The number of aliphatic imine (C=N–C) groups is 1. The van der Waals surface area contributed by atoms with Crippen LogP contribution in [-0.4, -0.2) is 49.7 Å². The summed E-state index contributed by atoms with van der Waals surface area (Å²) in [4.78, 5) is 6.62. The van der Waals surface area contributed by atoms with Crippen LogP contribution in [0.2, 0.25) is 0 Å². The Kier molecular flexibility index (Phi) is 3.98. The molecule has 2 aliphatic heterocycles. The van der Waals surface area contributed by atoms with E-state index in [1.54, 1.807) is 12.4 Å². The van der Waals surface area contributed by atoms with Crippen LogP contribution < -0.4 is 16.8 Å². The molecular formula is C11H21N5O. The fourth-order valence-electron chi connectivity index (χ4n) is 2.01.